The number of sulfone groups is 1. The lowest BCUT2D eigenvalue weighted by molar-refractivity contribution is 0.591. The van der Waals surface area contributed by atoms with Gasteiger partial charge >= 0.3 is 0 Å². The third-order valence-corrected chi connectivity index (χ3v) is 4.35. The fourth-order valence-electron chi connectivity index (χ4n) is 1.15. The molecule has 0 aliphatic rings. The third-order valence-electron chi connectivity index (χ3n) is 1.97. The van der Waals surface area contributed by atoms with Crippen LogP contribution in [0.4, 0.5) is 4.39 Å². The number of halogens is 2. The minimum Gasteiger partial charge on any atom is -0.224 e. The van der Waals surface area contributed by atoms with Crippen molar-refractivity contribution >= 4 is 25.8 Å². The first-order valence-electron chi connectivity index (χ1n) is 4.60. The van der Waals surface area contributed by atoms with Crippen LogP contribution in [0.2, 0.25) is 0 Å². The van der Waals surface area contributed by atoms with Crippen molar-refractivity contribution in [1.82, 2.24) is 0 Å². The number of hydrogen-bond donors (Lipinski definition) is 0. The van der Waals surface area contributed by atoms with E-state index in [-0.39, 0.29) is 10.6 Å². The van der Waals surface area contributed by atoms with Gasteiger partial charge in [0.05, 0.1) is 10.6 Å². The summed E-state index contributed by atoms with van der Waals surface area (Å²) in [4.78, 5) is 0.193. The van der Waals surface area contributed by atoms with Crippen LogP contribution < -0.4 is 0 Å². The molecule has 0 bridgehead atoms. The predicted molar refractivity (Wildman–Crippen MR) is 61.5 cm³/mol. The number of unbranched alkanes of at least 4 members (excludes halogenated alkanes) is 1. The van der Waals surface area contributed by atoms with Crippen LogP contribution >= 0.6 is 15.9 Å². The van der Waals surface area contributed by atoms with Gasteiger partial charge in [0, 0.05) is 5.33 Å². The Hall–Kier alpha value is -0.420. The highest BCUT2D eigenvalue weighted by atomic mass is 79.9. The fourth-order valence-corrected chi connectivity index (χ4v) is 2.91. The summed E-state index contributed by atoms with van der Waals surface area (Å²) in [7, 11) is -3.24. The molecule has 0 aliphatic heterocycles. The summed E-state index contributed by atoms with van der Waals surface area (Å²) >= 11 is 3.24. The third kappa shape index (κ3) is 3.91. The summed E-state index contributed by atoms with van der Waals surface area (Å²) in [5, 5.41) is 0.798. The second-order valence-corrected chi connectivity index (χ2v) is 6.07. The highest BCUT2D eigenvalue weighted by Crippen LogP contribution is 2.13. The minimum atomic E-state index is -3.24. The van der Waals surface area contributed by atoms with Gasteiger partial charge in [-0.25, -0.2) is 12.8 Å². The first kappa shape index (κ1) is 12.6. The maximum atomic E-state index is 12.6. The molecule has 1 rings (SSSR count). The van der Waals surface area contributed by atoms with E-state index in [0.717, 1.165) is 23.9 Å². The van der Waals surface area contributed by atoms with Crippen molar-refractivity contribution in [2.24, 2.45) is 0 Å². The maximum absolute atomic E-state index is 12.6. The van der Waals surface area contributed by atoms with Crippen LogP contribution in [-0.4, -0.2) is 19.5 Å². The van der Waals surface area contributed by atoms with E-state index in [2.05, 4.69) is 15.9 Å². The van der Waals surface area contributed by atoms with Crippen molar-refractivity contribution in [2.45, 2.75) is 17.7 Å². The average molecular weight is 295 g/mol. The van der Waals surface area contributed by atoms with E-state index in [1.165, 1.54) is 12.1 Å². The lowest BCUT2D eigenvalue weighted by atomic mass is 10.3. The monoisotopic (exact) mass is 294 g/mol. The summed E-state index contributed by atoms with van der Waals surface area (Å²) in [6, 6.07) is 4.94. The molecule has 84 valence electrons. The highest BCUT2D eigenvalue weighted by molar-refractivity contribution is 9.09. The predicted octanol–water partition coefficient (Wildman–Crippen LogP) is 2.77. The lowest BCUT2D eigenvalue weighted by Gasteiger charge is -2.03. The summed E-state index contributed by atoms with van der Waals surface area (Å²) in [5.74, 6) is -0.307. The van der Waals surface area contributed by atoms with Gasteiger partial charge in [0.2, 0.25) is 0 Å². The Labute approximate surface area is 97.5 Å². The molecule has 1 aromatic rings. The van der Waals surface area contributed by atoms with Gasteiger partial charge in [0.15, 0.2) is 9.84 Å². The quantitative estimate of drug-likeness (QED) is 0.475. The molecule has 0 heterocycles. The van der Waals surface area contributed by atoms with Crippen molar-refractivity contribution in [3.05, 3.63) is 30.1 Å². The first-order chi connectivity index (χ1) is 7.06. The van der Waals surface area contributed by atoms with Gasteiger partial charge in [-0.05, 0) is 37.1 Å². The molecule has 0 saturated heterocycles. The Morgan fingerprint density at radius 3 is 2.27 bits per heavy atom. The van der Waals surface area contributed by atoms with E-state index in [9.17, 15) is 12.8 Å². The van der Waals surface area contributed by atoms with Crippen molar-refractivity contribution in [3.63, 3.8) is 0 Å². The zero-order chi connectivity index (χ0) is 11.3. The molecule has 0 unspecified atom stereocenters. The van der Waals surface area contributed by atoms with Crippen LogP contribution in [-0.2, 0) is 9.84 Å². The van der Waals surface area contributed by atoms with Gasteiger partial charge in [-0.1, -0.05) is 15.9 Å². The summed E-state index contributed by atoms with van der Waals surface area (Å²) in [6.45, 7) is 0. The molecule has 15 heavy (non-hydrogen) atoms. The Balaban J connectivity index is 2.73. The molecule has 0 aliphatic carbocycles. The molecule has 0 spiro atoms. The van der Waals surface area contributed by atoms with Crippen LogP contribution in [0.1, 0.15) is 12.8 Å². The van der Waals surface area contributed by atoms with Crippen molar-refractivity contribution in [2.75, 3.05) is 11.1 Å². The van der Waals surface area contributed by atoms with Crippen LogP contribution in [0.15, 0.2) is 29.2 Å². The SMILES string of the molecule is O=S(=O)(CCCCBr)c1ccc(F)cc1. The van der Waals surface area contributed by atoms with Gasteiger partial charge in [0.25, 0.3) is 0 Å². The van der Waals surface area contributed by atoms with Crippen molar-refractivity contribution < 1.29 is 12.8 Å². The van der Waals surface area contributed by atoms with Crippen LogP contribution in [0.3, 0.4) is 0 Å². The van der Waals surface area contributed by atoms with Gasteiger partial charge in [-0.15, -0.1) is 0 Å². The van der Waals surface area contributed by atoms with Gasteiger partial charge in [-0.2, -0.15) is 0 Å². The number of rotatable bonds is 5. The molecule has 5 heteroatoms. The molecule has 0 amide bonds. The average Bonchev–Trinajstić information content (AvgIpc) is 2.18. The summed E-state index contributed by atoms with van der Waals surface area (Å²) in [6.07, 6.45) is 1.44. The first-order valence-corrected chi connectivity index (χ1v) is 7.38. The van der Waals surface area contributed by atoms with Crippen LogP contribution in [0.5, 0.6) is 0 Å². The van der Waals surface area contributed by atoms with Crippen molar-refractivity contribution in [3.8, 4) is 0 Å². The highest BCUT2D eigenvalue weighted by Gasteiger charge is 2.13. The minimum absolute atomic E-state index is 0.115. The zero-order valence-electron chi connectivity index (χ0n) is 8.12. The number of benzene rings is 1. The Morgan fingerprint density at radius 2 is 1.73 bits per heavy atom. The molecule has 0 atom stereocenters. The second-order valence-electron chi connectivity index (χ2n) is 3.17. The van der Waals surface area contributed by atoms with Gasteiger partial charge in [-0.3, -0.25) is 0 Å². The molecule has 1 aromatic carbocycles. The Bertz CT molecular complexity index is 400. The summed E-state index contributed by atoms with van der Waals surface area (Å²) < 4.78 is 35.9. The van der Waals surface area contributed by atoms with E-state index in [1.807, 2.05) is 0 Å². The van der Waals surface area contributed by atoms with Crippen LogP contribution in [0, 0.1) is 5.82 Å². The van der Waals surface area contributed by atoms with E-state index in [4.69, 9.17) is 0 Å². The second kappa shape index (κ2) is 5.61. The molecular formula is C10H12BrFO2S. The molecule has 0 N–H and O–H groups in total. The van der Waals surface area contributed by atoms with E-state index in [0.29, 0.717) is 6.42 Å². The molecule has 0 fully saturated rings. The summed E-state index contributed by atoms with van der Waals surface area (Å²) in [5.41, 5.74) is 0. The largest absolute Gasteiger partial charge is 0.224 e. The van der Waals surface area contributed by atoms with E-state index in [1.54, 1.807) is 0 Å². The maximum Gasteiger partial charge on any atom is 0.178 e. The van der Waals surface area contributed by atoms with E-state index < -0.39 is 15.7 Å². The molecule has 2 nitrogen and oxygen atoms in total. The Morgan fingerprint density at radius 1 is 1.13 bits per heavy atom. The fraction of sp³-hybridized carbons (Fsp3) is 0.400. The molecule has 0 saturated carbocycles. The lowest BCUT2D eigenvalue weighted by Crippen LogP contribution is -2.06. The zero-order valence-corrected chi connectivity index (χ0v) is 10.5. The number of hydrogen-bond acceptors (Lipinski definition) is 2. The molecular weight excluding hydrogens is 283 g/mol. The Kier molecular flexibility index (Phi) is 4.73. The van der Waals surface area contributed by atoms with Gasteiger partial charge < -0.3 is 0 Å². The molecule has 0 aromatic heterocycles. The van der Waals surface area contributed by atoms with Crippen molar-refractivity contribution in [1.29, 1.82) is 0 Å². The smallest absolute Gasteiger partial charge is 0.178 e. The normalized spacial score (nSPS) is 11.6. The number of alkyl halides is 1. The topological polar surface area (TPSA) is 34.1 Å². The molecule has 0 radical (unpaired) electrons. The van der Waals surface area contributed by atoms with E-state index >= 15 is 0 Å². The van der Waals surface area contributed by atoms with Crippen LogP contribution in [0.25, 0.3) is 0 Å². The van der Waals surface area contributed by atoms with Gasteiger partial charge in [0.1, 0.15) is 5.82 Å². The standard InChI is InChI=1S/C10H12BrFO2S/c11-7-1-2-8-15(13,14)10-5-3-9(12)4-6-10/h3-6H,1-2,7-8H2.